The average molecular weight is 1880 g/mol. The molecule has 45 heteroatoms. The fourth-order valence-electron chi connectivity index (χ4n) is 15.6. The molecule has 3 aliphatic heterocycles. The molecule has 19 heterocycles. The van der Waals surface area contributed by atoms with Crippen LogP contribution in [-0.2, 0) is 54.7 Å². The molecule has 38 nitrogen and oxygen atoms in total. The standard InChI is InChI=1S/C23H30N8O2S2.C22H28N8O2S2.C20H23N9OS.C19H21ClN8S/c1-15-9-20(34-23(15)35(32,33)29(2)3)28-21-22-25-12-19(17-11-26-30(4)13-17)31(22)14-18(27-21)7-8-24-10-16-5-6-16;1-14-8-19(33-22(14)34(31,32)28(2)3)27-20-21-24-11-18(16-10-25-29(4)12-16)30(21)13-17(26-20)15-6-5-7-23-9-15;1-12-6-17(31-27-12)26-18-19-22-9-16(13-7-23-28(2)10-13)29(19)11-15(25-18)20(30)24-14-4-3-5-21-8-14;1-11-6-15(29-26-11)24-18-19-22-9-14(13-8-23-27(2)10-13)28(19)17(20)16(25-18)12-4-3-5-21-7-12/h9,11-14,16,24H,5-8,10H2,1-4H3,(H,27,28);8,10-13,15,23H,5-7,9H2,1-4H3,(H,26,27);6-7,9-11,14,21H,3-5,8H2,1-2H3,(H,24,30)(H,25,26);6,8-10,12,21H,3-5,7H2,1-2H3,(H,24,25). The lowest BCUT2D eigenvalue weighted by atomic mass is 9.96. The summed E-state index contributed by atoms with van der Waals surface area (Å²) in [6.07, 6.45) is 37.8. The van der Waals surface area contributed by atoms with Crippen LogP contribution < -0.4 is 47.9 Å². The van der Waals surface area contributed by atoms with Gasteiger partial charge in [-0.1, -0.05) is 11.6 Å². The molecular weight excluding hydrogens is 1780 g/mol. The SMILES string of the molecule is Cc1cc(Nc2nc(C(=O)NC3CCCNC3)cn3c(-c4cnn(C)c4)cnc23)sn1.Cc1cc(Nc2nc(C3CCCNC3)c(Cl)n3c(-c4cnn(C)c4)cnc23)sn1.Cc1cc(Nc2nc(C3CCCNC3)cn3c(-c4cnn(C)c4)cnc23)sc1S(=O)(=O)N(C)C.Cc1cc(Nc2nc(CCNCC3CC3)cn3c(-c4cnn(C)c4)cnc23)sc1S(=O)(=O)N(C)C. The molecule has 4 fully saturated rings. The van der Waals surface area contributed by atoms with Crippen LogP contribution in [0.1, 0.15) is 113 Å². The summed E-state index contributed by atoms with van der Waals surface area (Å²) in [6.45, 7) is 15.0. The molecule has 9 N–H and O–H groups in total. The largest absolute Gasteiger partial charge is 0.347 e. The normalized spacial score (nSPS) is 16.2. The minimum Gasteiger partial charge on any atom is -0.347 e. The van der Waals surface area contributed by atoms with Crippen LogP contribution in [-0.4, -0.2) is 223 Å². The van der Waals surface area contributed by atoms with Gasteiger partial charge in [0.25, 0.3) is 26.0 Å². The number of carbonyl (C=O) groups is 1. The van der Waals surface area contributed by atoms with Crippen molar-refractivity contribution in [2.24, 2.45) is 34.1 Å². The van der Waals surface area contributed by atoms with E-state index in [1.807, 2.05) is 152 Å². The summed E-state index contributed by atoms with van der Waals surface area (Å²) in [5.41, 5.74) is 16.4. The lowest BCUT2D eigenvalue weighted by molar-refractivity contribution is 0.0925. The number of halogens is 1. The van der Waals surface area contributed by atoms with E-state index in [1.54, 1.807) is 65.3 Å². The van der Waals surface area contributed by atoms with Crippen LogP contribution in [0.2, 0.25) is 5.15 Å². The van der Waals surface area contributed by atoms with Crippen LogP contribution in [0.25, 0.3) is 67.6 Å². The van der Waals surface area contributed by atoms with Crippen LogP contribution >= 0.6 is 57.3 Å². The summed E-state index contributed by atoms with van der Waals surface area (Å²) in [7, 11) is 6.65. The summed E-state index contributed by atoms with van der Waals surface area (Å²) < 4.78 is 77.6. The number of imidazole rings is 4. The Labute approximate surface area is 766 Å². The third-order valence-corrected chi connectivity index (χ3v) is 31.6. The van der Waals surface area contributed by atoms with Crippen molar-refractivity contribution < 1.29 is 21.6 Å². The maximum Gasteiger partial charge on any atom is 0.271 e. The zero-order valence-corrected chi connectivity index (χ0v) is 79.1. The fourth-order valence-corrected chi connectivity index (χ4v) is 22.8. The van der Waals surface area contributed by atoms with Gasteiger partial charge in [-0.15, -0.1) is 22.7 Å². The van der Waals surface area contributed by atoms with Gasteiger partial charge >= 0.3 is 0 Å². The van der Waals surface area contributed by atoms with Crippen molar-refractivity contribution in [3.63, 3.8) is 0 Å². The number of aromatic nitrogens is 22. The van der Waals surface area contributed by atoms with Gasteiger partial charge in [0.2, 0.25) is 0 Å². The summed E-state index contributed by atoms with van der Waals surface area (Å²) in [4.78, 5) is 50.9. The molecule has 0 spiro atoms. The van der Waals surface area contributed by atoms with E-state index in [1.165, 1.54) is 81.3 Å². The number of nitrogens with one attached hydrogen (secondary N) is 9. The number of hydrogen-bond acceptors (Lipinski definition) is 31. The Kier molecular flexibility index (Phi) is 26.6. The second-order valence-electron chi connectivity index (χ2n) is 33.0. The number of anilines is 8. The fraction of sp³-hybridized carbons (Fsp3) is 0.393. The molecule has 16 aromatic heterocycles. The zero-order chi connectivity index (χ0) is 90.1. The first kappa shape index (κ1) is 89.6. The number of hydrogen-bond donors (Lipinski definition) is 9. The quantitative estimate of drug-likeness (QED) is 0.0240. The highest BCUT2D eigenvalue weighted by molar-refractivity contribution is 7.91. The highest BCUT2D eigenvalue weighted by Crippen LogP contribution is 2.41. The van der Waals surface area contributed by atoms with Crippen molar-refractivity contribution in [1.82, 2.24) is 141 Å². The van der Waals surface area contributed by atoms with Crippen molar-refractivity contribution in [3.8, 4) is 45.0 Å². The Morgan fingerprint density at radius 1 is 0.496 bits per heavy atom. The molecule has 0 aromatic carbocycles. The number of aryl methyl sites for hydroxylation is 8. The van der Waals surface area contributed by atoms with E-state index in [0.717, 1.165) is 187 Å². The van der Waals surface area contributed by atoms with Crippen LogP contribution in [0.5, 0.6) is 0 Å². The summed E-state index contributed by atoms with van der Waals surface area (Å²) in [6, 6.07) is 7.73. The minimum absolute atomic E-state index is 0.0971. The Morgan fingerprint density at radius 2 is 0.938 bits per heavy atom. The maximum atomic E-state index is 13.1. The van der Waals surface area contributed by atoms with Gasteiger partial charge in [0.1, 0.15) is 29.3 Å². The summed E-state index contributed by atoms with van der Waals surface area (Å²) >= 11 is 12.1. The van der Waals surface area contributed by atoms with Crippen molar-refractivity contribution in [3.05, 3.63) is 168 Å². The highest BCUT2D eigenvalue weighted by atomic mass is 35.5. The first-order valence-electron chi connectivity index (χ1n) is 42.4. The molecule has 1 amide bonds. The zero-order valence-electron chi connectivity index (χ0n) is 73.4. The van der Waals surface area contributed by atoms with E-state index in [9.17, 15) is 21.6 Å². The Hall–Kier alpha value is -11.4. The van der Waals surface area contributed by atoms with Gasteiger partial charge in [0, 0.05) is 172 Å². The summed E-state index contributed by atoms with van der Waals surface area (Å²) in [5, 5.41) is 51.2. The monoisotopic (exact) mass is 1880 g/mol. The van der Waals surface area contributed by atoms with Gasteiger partial charge in [-0.25, -0.2) is 65.3 Å². The molecule has 0 radical (unpaired) electrons. The maximum absolute atomic E-state index is 13.1. The van der Waals surface area contributed by atoms with Gasteiger partial charge in [0.15, 0.2) is 45.9 Å². The lowest BCUT2D eigenvalue weighted by Gasteiger charge is -2.24. The molecular formula is C84H102ClN33O5S6. The predicted octanol–water partition coefficient (Wildman–Crippen LogP) is 11.9. The Morgan fingerprint density at radius 3 is 1.40 bits per heavy atom. The van der Waals surface area contributed by atoms with Crippen molar-refractivity contribution in [2.75, 3.05) is 102 Å². The van der Waals surface area contributed by atoms with Crippen molar-refractivity contribution >= 4 is 149 Å². The van der Waals surface area contributed by atoms with Crippen LogP contribution in [0.3, 0.4) is 0 Å². The Balaban J connectivity index is 0.000000121. The second kappa shape index (κ2) is 38.3. The van der Waals surface area contributed by atoms with E-state index >= 15 is 0 Å². The number of amides is 1. The highest BCUT2D eigenvalue weighted by Gasteiger charge is 2.31. The molecule has 129 heavy (non-hydrogen) atoms. The van der Waals surface area contributed by atoms with E-state index in [4.69, 9.17) is 26.6 Å². The first-order valence-corrected chi connectivity index (χ1v) is 48.9. The van der Waals surface area contributed by atoms with E-state index in [0.29, 0.717) is 86.3 Å². The topological polar surface area (TPSA) is 418 Å². The first-order chi connectivity index (χ1) is 62.1. The summed E-state index contributed by atoms with van der Waals surface area (Å²) in [5.74, 6) is 3.56. The average Bonchev–Trinajstić information content (AvgIpc) is 1.58. The number of nitrogens with zero attached hydrogens (tertiary/aromatic N) is 24. The van der Waals surface area contributed by atoms with Crippen LogP contribution in [0, 0.1) is 33.6 Å². The Bertz CT molecular complexity index is 6950. The van der Waals surface area contributed by atoms with Crippen LogP contribution in [0.4, 0.5) is 43.3 Å². The van der Waals surface area contributed by atoms with Gasteiger partial charge in [-0.05, 0) is 170 Å². The number of carbonyl (C=O) groups excluding carboxylic acids is 1. The third-order valence-electron chi connectivity index (χ3n) is 22.5. The van der Waals surface area contributed by atoms with Gasteiger partial charge in [0.05, 0.1) is 111 Å². The lowest BCUT2D eigenvalue weighted by Crippen LogP contribution is -2.45. The number of sulfonamides is 2. The third kappa shape index (κ3) is 20.0. The predicted molar refractivity (Wildman–Crippen MR) is 505 cm³/mol. The van der Waals surface area contributed by atoms with Gasteiger partial charge < -0.3 is 47.9 Å². The smallest absolute Gasteiger partial charge is 0.271 e. The molecule has 3 saturated heterocycles. The molecule has 1 aliphatic carbocycles. The molecule has 0 bridgehead atoms. The van der Waals surface area contributed by atoms with Crippen molar-refractivity contribution in [2.45, 2.75) is 112 Å². The molecule has 1 saturated carbocycles. The van der Waals surface area contributed by atoms with E-state index in [-0.39, 0.29) is 23.8 Å². The van der Waals surface area contributed by atoms with Gasteiger partial charge in [-0.2, -0.15) is 29.1 Å². The number of rotatable bonds is 25. The molecule has 16 aromatic rings. The second-order valence-corrected chi connectivity index (χ2v) is 41.8. The van der Waals surface area contributed by atoms with Gasteiger partial charge in [-0.3, -0.25) is 41.1 Å². The van der Waals surface area contributed by atoms with E-state index in [2.05, 4.69) is 108 Å². The molecule has 3 unspecified atom stereocenters. The number of thiophene rings is 2. The van der Waals surface area contributed by atoms with E-state index < -0.39 is 20.0 Å². The number of fused-ring (bicyclic) bond motifs is 4. The minimum atomic E-state index is -3.52. The number of piperidine rings is 3. The molecule has 3 atom stereocenters. The molecule has 676 valence electrons. The molecule has 20 rings (SSSR count). The van der Waals surface area contributed by atoms with Crippen molar-refractivity contribution in [1.29, 1.82) is 0 Å². The van der Waals surface area contributed by atoms with Crippen LogP contribution in [0.15, 0.2) is 126 Å². The molecule has 4 aliphatic rings.